The topological polar surface area (TPSA) is 47.6 Å². The molecule has 0 amide bonds. The average Bonchev–Trinajstić information content (AvgIpc) is 1.94. The minimum Gasteiger partial charge on any atom is -0.198 e. The molecule has 0 spiro atoms. The van der Waals surface area contributed by atoms with Crippen LogP contribution in [0.3, 0.4) is 0 Å². The Morgan fingerprint density at radius 3 is 1.00 bits per heavy atom. The third-order valence-corrected chi connectivity index (χ3v) is 2.48. The third kappa shape index (κ3) is 3.04. The van der Waals surface area contributed by atoms with E-state index >= 15 is 0 Å². The molecule has 2 nitrogen and oxygen atoms in total. The van der Waals surface area contributed by atoms with Crippen molar-refractivity contribution in [2.75, 3.05) is 0 Å². The lowest BCUT2D eigenvalue weighted by Gasteiger charge is -2.35. The number of nitrogens with zero attached hydrogens (tertiary/aromatic N) is 2. The van der Waals surface area contributed by atoms with Gasteiger partial charge in [-0.25, -0.2) is 0 Å². The van der Waals surface area contributed by atoms with Gasteiger partial charge in [0.2, 0.25) is 0 Å². The van der Waals surface area contributed by atoms with Crippen molar-refractivity contribution in [3.05, 3.63) is 0 Å². The van der Waals surface area contributed by atoms with Gasteiger partial charge in [-0.15, -0.1) is 0 Å². The zero-order chi connectivity index (χ0) is 11.6. The van der Waals surface area contributed by atoms with Crippen molar-refractivity contribution < 1.29 is 0 Å². The Hall–Kier alpha value is -1.02. The summed E-state index contributed by atoms with van der Waals surface area (Å²) in [5.41, 5.74) is -0.273. The Morgan fingerprint density at radius 1 is 0.714 bits per heavy atom. The van der Waals surface area contributed by atoms with Gasteiger partial charge in [-0.05, 0) is 10.8 Å². The third-order valence-electron chi connectivity index (χ3n) is 2.48. The first kappa shape index (κ1) is 13.0. The van der Waals surface area contributed by atoms with E-state index in [0.717, 1.165) is 0 Å². The first-order valence-corrected chi connectivity index (χ1v) is 4.94. The lowest BCUT2D eigenvalue weighted by molar-refractivity contribution is 0.154. The highest BCUT2D eigenvalue weighted by atomic mass is 14.5. The van der Waals surface area contributed by atoms with Gasteiger partial charge >= 0.3 is 0 Å². The first-order valence-electron chi connectivity index (χ1n) is 4.94. The average molecular weight is 192 g/mol. The van der Waals surface area contributed by atoms with Crippen LogP contribution < -0.4 is 0 Å². The molecule has 0 unspecified atom stereocenters. The fourth-order valence-electron chi connectivity index (χ4n) is 1.54. The van der Waals surface area contributed by atoms with Gasteiger partial charge in [-0.2, -0.15) is 10.5 Å². The fraction of sp³-hybridized carbons (Fsp3) is 0.833. The maximum Gasteiger partial charge on any atom is 0.0675 e. The second-order valence-corrected chi connectivity index (χ2v) is 5.95. The van der Waals surface area contributed by atoms with E-state index in [4.69, 9.17) is 10.5 Å². The molecule has 0 aliphatic carbocycles. The Balaban J connectivity index is 5.07. The van der Waals surface area contributed by atoms with E-state index in [1.54, 1.807) is 0 Å². The summed E-state index contributed by atoms with van der Waals surface area (Å²) in [6, 6.07) is 4.55. The molecular formula is C12H20N2. The molecule has 2 heteroatoms. The van der Waals surface area contributed by atoms with Crippen molar-refractivity contribution in [3.63, 3.8) is 0 Å². The highest BCUT2D eigenvalue weighted by Crippen LogP contribution is 2.40. The van der Waals surface area contributed by atoms with Crippen LogP contribution in [0.5, 0.6) is 0 Å². The molecule has 0 aromatic heterocycles. The molecule has 0 saturated heterocycles. The van der Waals surface area contributed by atoms with Crippen molar-refractivity contribution >= 4 is 0 Å². The van der Waals surface area contributed by atoms with E-state index in [2.05, 4.69) is 12.1 Å². The summed E-state index contributed by atoms with van der Waals surface area (Å²) in [5.74, 6) is -0.431. The molecule has 0 rings (SSSR count). The van der Waals surface area contributed by atoms with Gasteiger partial charge in [0, 0.05) is 0 Å². The van der Waals surface area contributed by atoms with Crippen LogP contribution in [0, 0.1) is 45.3 Å². The largest absolute Gasteiger partial charge is 0.198 e. The molecular weight excluding hydrogens is 172 g/mol. The van der Waals surface area contributed by atoms with Gasteiger partial charge in [0.1, 0.15) is 0 Å². The maximum absolute atomic E-state index is 9.13. The predicted octanol–water partition coefficient (Wildman–Crippen LogP) is 3.36. The lowest BCUT2D eigenvalue weighted by Crippen LogP contribution is -2.34. The molecule has 0 N–H and O–H groups in total. The number of hydrogen-bond acceptors (Lipinski definition) is 2. The van der Waals surface area contributed by atoms with E-state index in [1.807, 2.05) is 41.5 Å². The standard InChI is InChI=1S/C12H20N2/c1-11(2,3)9(7-13)10(8-14)12(4,5)6/h9-10H,1-6H3/t9-,10-/m0/s1. The molecule has 0 aliphatic rings. The van der Waals surface area contributed by atoms with Gasteiger partial charge in [0.25, 0.3) is 0 Å². The van der Waals surface area contributed by atoms with Crippen molar-refractivity contribution in [1.82, 2.24) is 0 Å². The van der Waals surface area contributed by atoms with E-state index in [-0.39, 0.29) is 22.7 Å². The van der Waals surface area contributed by atoms with Crippen LogP contribution in [0.15, 0.2) is 0 Å². The number of nitriles is 2. The normalized spacial score (nSPS) is 16.6. The lowest BCUT2D eigenvalue weighted by atomic mass is 9.65. The van der Waals surface area contributed by atoms with Crippen LogP contribution in [0.25, 0.3) is 0 Å². The van der Waals surface area contributed by atoms with Crippen LogP contribution in [0.2, 0.25) is 0 Å². The molecule has 2 atom stereocenters. The molecule has 0 aromatic rings. The molecule has 0 saturated carbocycles. The molecule has 14 heavy (non-hydrogen) atoms. The van der Waals surface area contributed by atoms with Crippen molar-refractivity contribution in [3.8, 4) is 12.1 Å². The summed E-state index contributed by atoms with van der Waals surface area (Å²) < 4.78 is 0. The molecule has 0 aromatic carbocycles. The van der Waals surface area contributed by atoms with Gasteiger partial charge in [0.05, 0.1) is 24.0 Å². The van der Waals surface area contributed by atoms with Crippen LogP contribution in [0.1, 0.15) is 41.5 Å². The number of hydrogen-bond donors (Lipinski definition) is 0. The second-order valence-electron chi connectivity index (χ2n) is 5.95. The van der Waals surface area contributed by atoms with Crippen molar-refractivity contribution in [1.29, 1.82) is 10.5 Å². The molecule has 78 valence electrons. The predicted molar refractivity (Wildman–Crippen MR) is 57.1 cm³/mol. The van der Waals surface area contributed by atoms with E-state index < -0.39 is 0 Å². The minimum absolute atomic E-state index is 0.136. The number of rotatable bonds is 1. The van der Waals surface area contributed by atoms with E-state index in [1.165, 1.54) is 0 Å². The molecule has 0 aliphatic heterocycles. The fourth-order valence-corrected chi connectivity index (χ4v) is 1.54. The molecule has 0 fully saturated rings. The summed E-state index contributed by atoms with van der Waals surface area (Å²) >= 11 is 0. The minimum atomic E-state index is -0.215. The van der Waals surface area contributed by atoms with Crippen LogP contribution >= 0.6 is 0 Å². The Bertz CT molecular complexity index is 235. The smallest absolute Gasteiger partial charge is 0.0675 e. The first-order chi connectivity index (χ1) is 6.14. The van der Waals surface area contributed by atoms with Gasteiger partial charge in [0.15, 0.2) is 0 Å². The highest BCUT2D eigenvalue weighted by molar-refractivity contribution is 5.06. The Labute approximate surface area is 87.5 Å². The molecule has 0 bridgehead atoms. The second kappa shape index (κ2) is 4.01. The van der Waals surface area contributed by atoms with Crippen LogP contribution in [-0.4, -0.2) is 0 Å². The van der Waals surface area contributed by atoms with Gasteiger partial charge in [-0.3, -0.25) is 0 Å². The quantitative estimate of drug-likeness (QED) is 0.639. The summed E-state index contributed by atoms with van der Waals surface area (Å²) in [6.07, 6.45) is 0. The summed E-state index contributed by atoms with van der Waals surface area (Å²) in [7, 11) is 0. The molecule has 0 radical (unpaired) electrons. The van der Waals surface area contributed by atoms with E-state index in [9.17, 15) is 0 Å². The van der Waals surface area contributed by atoms with Crippen molar-refractivity contribution in [2.24, 2.45) is 22.7 Å². The maximum atomic E-state index is 9.13. The summed E-state index contributed by atoms with van der Waals surface area (Å²) in [4.78, 5) is 0. The highest BCUT2D eigenvalue weighted by Gasteiger charge is 2.39. The van der Waals surface area contributed by atoms with E-state index in [0.29, 0.717) is 0 Å². The monoisotopic (exact) mass is 192 g/mol. The van der Waals surface area contributed by atoms with Crippen LogP contribution in [-0.2, 0) is 0 Å². The molecule has 0 heterocycles. The van der Waals surface area contributed by atoms with Gasteiger partial charge < -0.3 is 0 Å². The van der Waals surface area contributed by atoms with Gasteiger partial charge in [-0.1, -0.05) is 41.5 Å². The zero-order valence-corrected chi connectivity index (χ0v) is 10.0. The summed E-state index contributed by atoms with van der Waals surface area (Å²) in [6.45, 7) is 12.1. The summed E-state index contributed by atoms with van der Waals surface area (Å²) in [5, 5.41) is 18.3. The SMILES string of the molecule is CC(C)(C)[C@@H](C#N)[C@H](C#N)C(C)(C)C. The Morgan fingerprint density at radius 2 is 0.929 bits per heavy atom. The zero-order valence-electron chi connectivity index (χ0n) is 10.0. The Kier molecular flexibility index (Phi) is 3.72. The van der Waals surface area contributed by atoms with Crippen LogP contribution in [0.4, 0.5) is 0 Å². The van der Waals surface area contributed by atoms with Crippen molar-refractivity contribution in [2.45, 2.75) is 41.5 Å².